The number of nitrogens with zero attached hydrogens (tertiary/aromatic N) is 5. The van der Waals surface area contributed by atoms with Gasteiger partial charge in [-0.25, -0.2) is 0 Å². The van der Waals surface area contributed by atoms with Gasteiger partial charge in [-0.2, -0.15) is 18.3 Å². The first-order valence-corrected chi connectivity index (χ1v) is 13.0. The molecule has 9 nitrogen and oxygen atoms in total. The number of carbonyl (C=O) groups excluding carboxylic acids is 2. The lowest BCUT2D eigenvalue weighted by Gasteiger charge is -2.35. The van der Waals surface area contributed by atoms with Crippen molar-refractivity contribution in [3.63, 3.8) is 0 Å². The quantitative estimate of drug-likeness (QED) is 0.455. The molecule has 1 saturated carbocycles. The summed E-state index contributed by atoms with van der Waals surface area (Å²) in [6.07, 6.45) is -2.06. The maximum atomic E-state index is 13.1. The molecule has 1 aliphatic heterocycles. The number of carbonyl (C=O) groups is 2. The fourth-order valence-electron chi connectivity index (χ4n) is 4.67. The summed E-state index contributed by atoms with van der Waals surface area (Å²) in [6.45, 7) is 4.95. The van der Waals surface area contributed by atoms with Crippen LogP contribution in [0.25, 0.3) is 0 Å². The SMILES string of the molecule is CC(=O)N1CCN(c2ccc(CNC(=O)C3(c4ccc(OCc5ccc(C(F)(F)F)nc5)nn4)CC3)cc2)CC1. The van der Waals surface area contributed by atoms with E-state index >= 15 is 0 Å². The van der Waals surface area contributed by atoms with E-state index < -0.39 is 17.3 Å². The Kier molecular flexibility index (Phi) is 7.59. The Labute approximate surface area is 229 Å². The fraction of sp³-hybridized carbons (Fsp3) is 0.393. The van der Waals surface area contributed by atoms with Crippen LogP contribution in [-0.4, -0.2) is 58.1 Å². The molecule has 0 spiro atoms. The zero-order chi connectivity index (χ0) is 28.3. The highest BCUT2D eigenvalue weighted by Crippen LogP contribution is 2.47. The van der Waals surface area contributed by atoms with Crippen LogP contribution in [0.1, 0.15) is 42.3 Å². The van der Waals surface area contributed by atoms with Gasteiger partial charge in [0.25, 0.3) is 0 Å². The Morgan fingerprint density at radius 1 is 0.950 bits per heavy atom. The van der Waals surface area contributed by atoms with E-state index in [4.69, 9.17) is 4.74 Å². The van der Waals surface area contributed by atoms with Crippen molar-refractivity contribution < 1.29 is 27.5 Å². The number of piperazine rings is 1. The summed E-state index contributed by atoms with van der Waals surface area (Å²) in [5, 5.41) is 11.3. The van der Waals surface area contributed by atoms with Gasteiger partial charge >= 0.3 is 6.18 Å². The van der Waals surface area contributed by atoms with Crippen LogP contribution in [0.15, 0.2) is 54.7 Å². The standard InChI is InChI=1S/C28H29F3N6O3/c1-19(38)36-12-14-37(15-13-36)22-5-2-20(3-6-22)16-33-26(39)27(10-11-27)23-8-9-25(35-34-23)40-18-21-4-7-24(32-17-21)28(29,30)31/h2-9,17H,10-16,18H2,1H3,(H,33,39). The van der Waals surface area contributed by atoms with Crippen LogP contribution in [0.5, 0.6) is 5.88 Å². The van der Waals surface area contributed by atoms with E-state index in [0.29, 0.717) is 43.7 Å². The lowest BCUT2D eigenvalue weighted by molar-refractivity contribution is -0.141. The molecule has 2 amide bonds. The molecular formula is C28H29F3N6O3. The molecule has 0 atom stereocenters. The summed E-state index contributed by atoms with van der Waals surface area (Å²) in [4.78, 5) is 32.1. The second-order valence-electron chi connectivity index (χ2n) is 10.0. The number of benzene rings is 1. The Balaban J connectivity index is 1.11. The first-order chi connectivity index (χ1) is 19.1. The maximum Gasteiger partial charge on any atom is 0.433 e. The Bertz CT molecular complexity index is 1340. The lowest BCUT2D eigenvalue weighted by atomic mass is 10.0. The van der Waals surface area contributed by atoms with Gasteiger partial charge in [0.2, 0.25) is 17.7 Å². The summed E-state index contributed by atoms with van der Waals surface area (Å²) in [6, 6.07) is 13.5. The molecule has 5 rings (SSSR count). The largest absolute Gasteiger partial charge is 0.472 e. The normalized spacial score (nSPS) is 16.4. The monoisotopic (exact) mass is 554 g/mol. The van der Waals surface area contributed by atoms with Gasteiger partial charge in [0.05, 0.1) is 11.1 Å². The minimum atomic E-state index is -4.49. The molecule has 40 heavy (non-hydrogen) atoms. The highest BCUT2D eigenvalue weighted by Gasteiger charge is 2.52. The number of nitrogens with one attached hydrogen (secondary N) is 1. The third-order valence-electron chi connectivity index (χ3n) is 7.30. The number of ether oxygens (including phenoxy) is 1. The average Bonchev–Trinajstić information content (AvgIpc) is 3.77. The van der Waals surface area contributed by atoms with Crippen molar-refractivity contribution in [2.75, 3.05) is 31.1 Å². The van der Waals surface area contributed by atoms with E-state index in [-0.39, 0.29) is 24.3 Å². The number of hydrogen-bond donors (Lipinski definition) is 1. The van der Waals surface area contributed by atoms with Crippen molar-refractivity contribution in [2.45, 2.75) is 44.5 Å². The smallest absolute Gasteiger partial charge is 0.433 e. The Hall–Kier alpha value is -4.22. The molecule has 2 aliphatic rings. The van der Waals surface area contributed by atoms with Crippen LogP contribution in [-0.2, 0) is 34.3 Å². The predicted octanol–water partition coefficient (Wildman–Crippen LogP) is 3.49. The zero-order valence-corrected chi connectivity index (χ0v) is 21.9. The molecule has 1 N–H and O–H groups in total. The minimum Gasteiger partial charge on any atom is -0.472 e. The molecular weight excluding hydrogens is 525 g/mol. The molecule has 0 bridgehead atoms. The number of halogens is 3. The fourth-order valence-corrected chi connectivity index (χ4v) is 4.67. The van der Waals surface area contributed by atoms with Crippen molar-refractivity contribution in [1.29, 1.82) is 0 Å². The van der Waals surface area contributed by atoms with E-state index in [1.807, 2.05) is 29.2 Å². The van der Waals surface area contributed by atoms with Crippen molar-refractivity contribution in [3.05, 3.63) is 77.2 Å². The minimum absolute atomic E-state index is 0.0157. The Morgan fingerprint density at radius 3 is 2.20 bits per heavy atom. The molecule has 1 aromatic carbocycles. The predicted molar refractivity (Wildman–Crippen MR) is 139 cm³/mol. The summed E-state index contributed by atoms with van der Waals surface area (Å²) in [7, 11) is 0. The van der Waals surface area contributed by atoms with E-state index in [9.17, 15) is 22.8 Å². The van der Waals surface area contributed by atoms with Crippen LogP contribution in [0.3, 0.4) is 0 Å². The number of aromatic nitrogens is 3. The van der Waals surface area contributed by atoms with Crippen molar-refractivity contribution in [1.82, 2.24) is 25.4 Å². The summed E-state index contributed by atoms with van der Waals surface area (Å²) >= 11 is 0. The average molecular weight is 555 g/mol. The van der Waals surface area contributed by atoms with E-state index in [2.05, 4.69) is 25.4 Å². The molecule has 3 heterocycles. The van der Waals surface area contributed by atoms with Gasteiger partial charge in [0, 0.05) is 63.2 Å². The van der Waals surface area contributed by atoms with Crippen molar-refractivity contribution in [2.24, 2.45) is 0 Å². The molecule has 0 radical (unpaired) electrons. The third kappa shape index (κ3) is 6.16. The topological polar surface area (TPSA) is 101 Å². The summed E-state index contributed by atoms with van der Waals surface area (Å²) in [5.74, 6) is 0.183. The zero-order valence-electron chi connectivity index (χ0n) is 21.9. The van der Waals surface area contributed by atoms with Gasteiger partial charge in [0.1, 0.15) is 12.3 Å². The molecule has 3 aromatic rings. The maximum absolute atomic E-state index is 13.1. The third-order valence-corrected chi connectivity index (χ3v) is 7.30. The molecule has 1 aliphatic carbocycles. The van der Waals surface area contributed by atoms with Gasteiger partial charge in [-0.05, 0) is 42.7 Å². The van der Waals surface area contributed by atoms with Gasteiger partial charge in [-0.3, -0.25) is 14.6 Å². The summed E-state index contributed by atoms with van der Waals surface area (Å²) < 4.78 is 43.5. The van der Waals surface area contributed by atoms with Crippen molar-refractivity contribution in [3.8, 4) is 5.88 Å². The number of hydrogen-bond acceptors (Lipinski definition) is 7. The number of alkyl halides is 3. The molecule has 1 saturated heterocycles. The molecule has 210 valence electrons. The number of amides is 2. The van der Waals surface area contributed by atoms with Gasteiger partial charge in [-0.15, -0.1) is 5.10 Å². The highest BCUT2D eigenvalue weighted by atomic mass is 19.4. The van der Waals surface area contributed by atoms with Crippen LogP contribution in [0, 0.1) is 0 Å². The van der Waals surface area contributed by atoms with Gasteiger partial charge < -0.3 is 19.9 Å². The van der Waals surface area contributed by atoms with Crippen LogP contribution in [0.4, 0.5) is 18.9 Å². The Morgan fingerprint density at radius 2 is 1.65 bits per heavy atom. The number of anilines is 1. The molecule has 12 heteroatoms. The molecule has 2 aromatic heterocycles. The van der Waals surface area contributed by atoms with Crippen LogP contribution in [0.2, 0.25) is 0 Å². The first kappa shape index (κ1) is 27.4. The molecule has 0 unspecified atom stereocenters. The highest BCUT2D eigenvalue weighted by molar-refractivity contribution is 5.90. The van der Waals surface area contributed by atoms with Gasteiger partial charge in [0.15, 0.2) is 0 Å². The molecule has 2 fully saturated rings. The summed E-state index contributed by atoms with van der Waals surface area (Å²) in [5.41, 5.74) is 1.38. The van der Waals surface area contributed by atoms with E-state index in [1.54, 1.807) is 19.1 Å². The van der Waals surface area contributed by atoms with Gasteiger partial charge in [-0.1, -0.05) is 18.2 Å². The number of rotatable bonds is 8. The van der Waals surface area contributed by atoms with E-state index in [0.717, 1.165) is 36.6 Å². The van der Waals surface area contributed by atoms with E-state index in [1.165, 1.54) is 6.07 Å². The number of pyridine rings is 1. The van der Waals surface area contributed by atoms with Crippen LogP contribution >= 0.6 is 0 Å². The lowest BCUT2D eigenvalue weighted by Crippen LogP contribution is -2.48. The second-order valence-corrected chi connectivity index (χ2v) is 10.0. The second kappa shape index (κ2) is 11.1. The first-order valence-electron chi connectivity index (χ1n) is 13.0. The van der Waals surface area contributed by atoms with Crippen molar-refractivity contribution >= 4 is 17.5 Å². The van der Waals surface area contributed by atoms with Crippen LogP contribution < -0.4 is 15.0 Å².